The van der Waals surface area contributed by atoms with Crippen molar-refractivity contribution in [2.45, 2.75) is 6.92 Å². The SMILES string of the molecule is CCON.[2HH].[2H][2H].[2H][2H]. The average molecular weight is 72.2 g/mol. The third-order valence-electron chi connectivity index (χ3n) is 0.167. The predicted octanol–water partition coefficient (Wildman–Crippen LogP) is 0.635. The molecule has 2 N–H and O–H groups in total. The third kappa shape index (κ3) is 1.92. The van der Waals surface area contributed by atoms with E-state index in [4.69, 9.17) is 5.94 Å². The van der Waals surface area contributed by atoms with Crippen molar-refractivity contribution >= 4 is 0 Å². The van der Waals surface area contributed by atoms with Crippen LogP contribution in [0.25, 0.3) is 0 Å². The molecule has 0 heterocycles. The first-order chi connectivity index (χ1) is 3.91. The van der Waals surface area contributed by atoms with Gasteiger partial charge in [-0.3, -0.25) is 0 Å². The van der Waals surface area contributed by atoms with Crippen LogP contribution >= 0.6 is 0 Å². The molecular weight excluding hydrogens is 54.0 g/mol. The van der Waals surface area contributed by atoms with Gasteiger partial charge in [0, 0.05) is 7.37 Å². The van der Waals surface area contributed by atoms with Crippen LogP contribution in [-0.2, 0) is 4.84 Å². The molecule has 0 saturated carbocycles. The zero-order chi connectivity index (χ0) is 7.41. The zero-order valence-corrected chi connectivity index (χ0v) is 2.69. The van der Waals surface area contributed by atoms with Crippen molar-refractivity contribution in [3.05, 3.63) is 0 Å². The van der Waals surface area contributed by atoms with E-state index in [1.807, 2.05) is 6.92 Å². The van der Waals surface area contributed by atoms with E-state index in [0.717, 1.165) is 0 Å². The minimum Gasteiger partial charge on any atom is -0.305 e. The van der Waals surface area contributed by atoms with E-state index in [1.165, 1.54) is 0 Å². The Kier molecular flexibility index (Phi) is 1.01. The van der Waals surface area contributed by atoms with Crippen molar-refractivity contribution in [1.82, 2.24) is 0 Å². The van der Waals surface area contributed by atoms with Gasteiger partial charge in [-0.2, -0.15) is 0 Å². The normalized spacial score (nSPS) is 11.5. The van der Waals surface area contributed by atoms with E-state index in [0.29, 0.717) is 6.61 Å². The van der Waals surface area contributed by atoms with E-state index >= 15 is 0 Å². The van der Waals surface area contributed by atoms with Crippen molar-refractivity contribution < 1.29 is 12.2 Å². The third-order valence-corrected chi connectivity index (χ3v) is 0.167. The van der Waals surface area contributed by atoms with Gasteiger partial charge in [0.1, 0.15) is 0 Å². The highest BCUT2D eigenvalue weighted by atomic mass is 16.6. The first-order valence-electron chi connectivity index (χ1n) is 3.23. The second kappa shape index (κ2) is 2.92. The number of hydrogen-bond acceptors (Lipinski definition) is 2. The summed E-state index contributed by atoms with van der Waals surface area (Å²) in [5.74, 6) is 4.53. The largest absolute Gasteiger partial charge is 0.305 e. The van der Waals surface area contributed by atoms with Gasteiger partial charge < -0.3 is 4.84 Å². The van der Waals surface area contributed by atoms with Crippen LogP contribution in [0.5, 0.6) is 0 Å². The Balaban J connectivity index is -0.0000000221. The molecule has 0 radical (unpaired) electrons. The summed E-state index contributed by atoms with van der Waals surface area (Å²) < 4.78 is 20.0. The van der Waals surface area contributed by atoms with E-state index in [2.05, 4.69) is 10.7 Å². The van der Waals surface area contributed by atoms with Crippen LogP contribution in [0.1, 0.15) is 14.3 Å². The van der Waals surface area contributed by atoms with E-state index in [1.54, 1.807) is 0 Å². The summed E-state index contributed by atoms with van der Waals surface area (Å²) in [6.45, 7) is 2.43. The van der Waals surface area contributed by atoms with Gasteiger partial charge in [-0.1, -0.05) is 0 Å². The molecule has 0 atom stereocenters. The Hall–Kier alpha value is -0.0800. The molecule has 0 aromatic rings. The molecule has 0 fully saturated rings. The van der Waals surface area contributed by atoms with E-state index in [9.17, 15) is 0 Å². The molecule has 0 bridgehead atoms. The summed E-state index contributed by atoms with van der Waals surface area (Å²) in [7, 11) is 0. The van der Waals surface area contributed by atoms with Crippen LogP contribution in [0.3, 0.4) is 0 Å². The molecular formula is C2H13NO. The fourth-order valence-corrected chi connectivity index (χ4v) is 0. The summed E-state index contributed by atoms with van der Waals surface area (Å²) in [5.41, 5.74) is 0. The standard InChI is InChI=1S/C2H7NO.3H2/c1-2-4-3;;;/h2-3H2,1H3;3*1H/i;2*1+1D;1+1. The van der Waals surface area contributed by atoms with Crippen molar-refractivity contribution in [3.63, 3.8) is 0 Å². The molecule has 0 aliphatic carbocycles. The molecule has 0 amide bonds. The molecule has 2 heteroatoms. The van der Waals surface area contributed by atoms with Crippen molar-refractivity contribution in [1.29, 1.82) is 0 Å². The first-order valence-corrected chi connectivity index (χ1v) is 1.23. The maximum absolute atomic E-state index is 5.00. The Bertz CT molecular complexity index is 16.9. The van der Waals surface area contributed by atoms with Crippen molar-refractivity contribution in [3.8, 4) is 0 Å². The quantitative estimate of drug-likeness (QED) is 0.461. The highest BCUT2D eigenvalue weighted by Gasteiger charge is 1.52. The van der Waals surface area contributed by atoms with Gasteiger partial charge in [0.05, 0.1) is 6.61 Å². The molecule has 0 unspecified atom stereocenters. The molecule has 0 rings (SSSR count). The Labute approximate surface area is 33.2 Å². The molecule has 0 aliphatic heterocycles. The smallest absolute Gasteiger partial charge is 0.0651 e. The molecule has 0 aromatic carbocycles. The lowest BCUT2D eigenvalue weighted by atomic mass is 10.9. The summed E-state index contributed by atoms with van der Waals surface area (Å²) >= 11 is 0. The zero-order valence-electron chi connectivity index (χ0n) is 6.69. The highest BCUT2D eigenvalue weighted by Crippen LogP contribution is 1.46. The van der Waals surface area contributed by atoms with E-state index in [-0.39, 0.29) is 1.43 Å². The number of nitrogens with two attached hydrogens (primary N) is 1. The average Bonchev–Trinajstić information content (AvgIpc) is 1.96. The van der Waals surface area contributed by atoms with Crippen LogP contribution < -0.4 is 5.90 Å². The second-order valence-electron chi connectivity index (χ2n) is 0.455. The van der Waals surface area contributed by atoms with Gasteiger partial charge in [0.15, 0.2) is 0 Å². The number of rotatable bonds is 1. The maximum atomic E-state index is 5.00. The van der Waals surface area contributed by atoms with Crippen LogP contribution in [0.2, 0.25) is 0 Å². The van der Waals surface area contributed by atoms with Crippen molar-refractivity contribution in [2.24, 2.45) is 5.90 Å². The molecule has 0 saturated heterocycles. The minimum absolute atomic E-state index is 0. The van der Waals surface area contributed by atoms with Gasteiger partial charge in [0.2, 0.25) is 0 Å². The van der Waals surface area contributed by atoms with E-state index < -0.39 is 0 Å². The Morgan fingerprint density at radius 3 is 2.75 bits per heavy atom. The lowest BCUT2D eigenvalue weighted by Gasteiger charge is -1.76. The molecule has 0 aromatic heterocycles. The fraction of sp³-hybridized carbons (Fsp3) is 1.00. The number of hydrogen-bond donors (Lipinski definition) is 1. The predicted molar refractivity (Wildman–Crippen MR) is 22.2 cm³/mol. The first kappa shape index (κ1) is 1.38. The van der Waals surface area contributed by atoms with Crippen LogP contribution in [0.15, 0.2) is 0 Å². The van der Waals surface area contributed by atoms with Crippen LogP contribution in [0.4, 0.5) is 0 Å². The topological polar surface area (TPSA) is 35.2 Å². The second-order valence-corrected chi connectivity index (χ2v) is 0.455. The van der Waals surface area contributed by atoms with Gasteiger partial charge in [-0.25, -0.2) is 5.90 Å². The monoisotopic (exact) mass is 72.1 g/mol. The minimum atomic E-state index is 0. The van der Waals surface area contributed by atoms with Crippen LogP contribution in [0, 0.1) is 0 Å². The van der Waals surface area contributed by atoms with Crippen molar-refractivity contribution in [2.75, 3.05) is 6.61 Å². The van der Waals surface area contributed by atoms with Gasteiger partial charge in [-0.15, -0.1) is 0 Å². The summed E-state index contributed by atoms with van der Waals surface area (Å²) in [6.07, 6.45) is 0. The highest BCUT2D eigenvalue weighted by molar-refractivity contribution is 3.91. The van der Waals surface area contributed by atoms with Gasteiger partial charge in [-0.05, 0) is 6.92 Å². The Morgan fingerprint density at radius 2 is 2.75 bits per heavy atom. The lowest BCUT2D eigenvalue weighted by molar-refractivity contribution is 0.152. The maximum Gasteiger partial charge on any atom is 0.0651 e. The Morgan fingerprint density at radius 1 is 2.50 bits per heavy atom. The van der Waals surface area contributed by atoms with Gasteiger partial charge in [0.25, 0.3) is 0 Å². The molecule has 4 heavy (non-hydrogen) atoms. The molecule has 0 spiro atoms. The fourth-order valence-electron chi connectivity index (χ4n) is 0. The summed E-state index contributed by atoms with van der Waals surface area (Å²) in [6, 6.07) is 0. The lowest BCUT2D eigenvalue weighted by Crippen LogP contribution is -1.94. The van der Waals surface area contributed by atoms with Gasteiger partial charge >= 0.3 is 0 Å². The summed E-state index contributed by atoms with van der Waals surface area (Å²) in [5, 5.41) is 0. The molecule has 2 nitrogen and oxygen atoms in total. The van der Waals surface area contributed by atoms with Crippen LogP contribution in [-0.4, -0.2) is 6.61 Å². The molecule has 0 aliphatic rings. The summed E-state index contributed by atoms with van der Waals surface area (Å²) in [4.78, 5) is 4.04. The molecule has 32 valence electrons.